The number of hydrogen-bond acceptors (Lipinski definition) is 4. The number of rotatable bonds is 5. The number of nitrogens with one attached hydrogen (secondary N) is 1. The third-order valence-electron chi connectivity index (χ3n) is 4.87. The zero-order valence-corrected chi connectivity index (χ0v) is 17.9. The van der Waals surface area contributed by atoms with Crippen molar-refractivity contribution in [3.63, 3.8) is 0 Å². The zero-order valence-electron chi connectivity index (χ0n) is 17.2. The molecule has 0 atom stereocenters. The van der Waals surface area contributed by atoms with E-state index in [4.69, 9.17) is 16.3 Å². The highest BCUT2D eigenvalue weighted by molar-refractivity contribution is 6.39. The van der Waals surface area contributed by atoms with Crippen LogP contribution in [0, 0.1) is 6.92 Å². The van der Waals surface area contributed by atoms with Crippen LogP contribution in [-0.4, -0.2) is 17.8 Å². The SMILES string of the molecule is Cc1cccc(N2C(=O)NC(=O)/C(=C\c3cc(Cl)ccc3OCc3ccccc3)C2=O)c1. The molecule has 1 N–H and O–H groups in total. The van der Waals surface area contributed by atoms with Gasteiger partial charge in [-0.15, -0.1) is 0 Å². The van der Waals surface area contributed by atoms with Crippen molar-refractivity contribution in [2.75, 3.05) is 4.90 Å². The summed E-state index contributed by atoms with van der Waals surface area (Å²) >= 11 is 6.15. The Morgan fingerprint density at radius 2 is 1.75 bits per heavy atom. The molecule has 1 saturated heterocycles. The Morgan fingerprint density at radius 1 is 0.969 bits per heavy atom. The highest BCUT2D eigenvalue weighted by Crippen LogP contribution is 2.28. The largest absolute Gasteiger partial charge is 0.488 e. The lowest BCUT2D eigenvalue weighted by Crippen LogP contribution is -2.54. The van der Waals surface area contributed by atoms with Crippen LogP contribution in [0.5, 0.6) is 5.75 Å². The molecule has 1 aliphatic heterocycles. The van der Waals surface area contributed by atoms with Crippen molar-refractivity contribution < 1.29 is 19.1 Å². The molecule has 3 aromatic carbocycles. The first kappa shape index (κ1) is 21.3. The molecule has 4 amide bonds. The molecule has 4 rings (SSSR count). The molecule has 0 radical (unpaired) electrons. The van der Waals surface area contributed by atoms with Crippen LogP contribution in [-0.2, 0) is 16.2 Å². The van der Waals surface area contributed by atoms with Crippen molar-refractivity contribution in [3.8, 4) is 5.75 Å². The minimum Gasteiger partial charge on any atom is -0.488 e. The highest BCUT2D eigenvalue weighted by atomic mass is 35.5. The summed E-state index contributed by atoms with van der Waals surface area (Å²) in [5.74, 6) is -1.05. The summed E-state index contributed by atoms with van der Waals surface area (Å²) in [4.78, 5) is 39.0. The molecule has 0 aliphatic carbocycles. The highest BCUT2D eigenvalue weighted by Gasteiger charge is 2.37. The molecule has 0 bridgehead atoms. The summed E-state index contributed by atoms with van der Waals surface area (Å²) in [5.41, 5.74) is 2.46. The fourth-order valence-corrected chi connectivity index (χ4v) is 3.49. The van der Waals surface area contributed by atoms with E-state index in [0.29, 0.717) is 28.6 Å². The maximum atomic E-state index is 13.1. The van der Waals surface area contributed by atoms with Crippen molar-refractivity contribution >= 4 is 41.2 Å². The van der Waals surface area contributed by atoms with E-state index in [1.165, 1.54) is 6.08 Å². The number of carbonyl (C=O) groups excluding carboxylic acids is 3. The monoisotopic (exact) mass is 446 g/mol. The average Bonchev–Trinajstić information content (AvgIpc) is 2.77. The van der Waals surface area contributed by atoms with Crippen molar-refractivity contribution in [2.45, 2.75) is 13.5 Å². The van der Waals surface area contributed by atoms with E-state index in [9.17, 15) is 14.4 Å². The predicted molar refractivity (Wildman–Crippen MR) is 122 cm³/mol. The second kappa shape index (κ2) is 9.08. The van der Waals surface area contributed by atoms with Gasteiger partial charge in [-0.2, -0.15) is 0 Å². The van der Waals surface area contributed by atoms with E-state index >= 15 is 0 Å². The van der Waals surface area contributed by atoms with Gasteiger partial charge < -0.3 is 4.74 Å². The maximum Gasteiger partial charge on any atom is 0.335 e. The van der Waals surface area contributed by atoms with Crippen LogP contribution in [0.15, 0.2) is 78.4 Å². The Balaban J connectivity index is 1.68. The third kappa shape index (κ3) is 4.55. The number of imide groups is 2. The lowest BCUT2D eigenvalue weighted by atomic mass is 10.1. The van der Waals surface area contributed by atoms with Gasteiger partial charge >= 0.3 is 6.03 Å². The Bertz CT molecular complexity index is 1240. The topological polar surface area (TPSA) is 75.7 Å². The predicted octanol–water partition coefficient (Wildman–Crippen LogP) is 4.89. The number of urea groups is 1. The first-order valence-corrected chi connectivity index (χ1v) is 10.2. The third-order valence-corrected chi connectivity index (χ3v) is 5.11. The second-order valence-corrected chi connectivity index (χ2v) is 7.69. The van der Waals surface area contributed by atoms with Crippen molar-refractivity contribution in [2.24, 2.45) is 0 Å². The number of ether oxygens (including phenoxy) is 1. The van der Waals surface area contributed by atoms with Gasteiger partial charge in [-0.3, -0.25) is 14.9 Å². The minimum atomic E-state index is -0.797. The molecule has 0 saturated carbocycles. The number of aryl methyl sites for hydroxylation is 1. The molecule has 7 heteroatoms. The number of nitrogens with zero attached hydrogens (tertiary/aromatic N) is 1. The van der Waals surface area contributed by atoms with Crippen LogP contribution in [0.4, 0.5) is 10.5 Å². The summed E-state index contributed by atoms with van der Waals surface area (Å²) < 4.78 is 5.91. The van der Waals surface area contributed by atoms with Gasteiger partial charge in [0.1, 0.15) is 17.9 Å². The van der Waals surface area contributed by atoms with Gasteiger partial charge in [0, 0.05) is 10.6 Å². The van der Waals surface area contributed by atoms with Gasteiger partial charge in [-0.05, 0) is 54.5 Å². The van der Waals surface area contributed by atoms with Crippen LogP contribution in [0.3, 0.4) is 0 Å². The van der Waals surface area contributed by atoms with Crippen LogP contribution in [0.1, 0.15) is 16.7 Å². The van der Waals surface area contributed by atoms with Gasteiger partial charge in [-0.1, -0.05) is 54.1 Å². The number of anilines is 1. The fourth-order valence-electron chi connectivity index (χ4n) is 3.31. The molecule has 32 heavy (non-hydrogen) atoms. The summed E-state index contributed by atoms with van der Waals surface area (Å²) in [5, 5.41) is 2.64. The van der Waals surface area contributed by atoms with Gasteiger partial charge in [0.25, 0.3) is 11.8 Å². The smallest absolute Gasteiger partial charge is 0.335 e. The molecule has 1 fully saturated rings. The molecular weight excluding hydrogens is 428 g/mol. The second-order valence-electron chi connectivity index (χ2n) is 7.25. The van der Waals surface area contributed by atoms with Gasteiger partial charge in [0.05, 0.1) is 5.69 Å². The number of amides is 4. The summed E-state index contributed by atoms with van der Waals surface area (Å²) in [6.07, 6.45) is 1.39. The number of benzene rings is 3. The van der Waals surface area contributed by atoms with Crippen LogP contribution < -0.4 is 15.0 Å². The Hall–Kier alpha value is -3.90. The standard InChI is InChI=1S/C25H19ClN2O4/c1-16-6-5-9-20(12-16)28-24(30)21(23(29)27-25(28)31)14-18-13-19(26)10-11-22(18)32-15-17-7-3-2-4-8-17/h2-14H,15H2,1H3,(H,27,29,31)/b21-14+. The molecule has 3 aromatic rings. The van der Waals surface area contributed by atoms with Crippen molar-refractivity contribution in [1.29, 1.82) is 0 Å². The minimum absolute atomic E-state index is 0.196. The first-order valence-electron chi connectivity index (χ1n) is 9.87. The van der Waals surface area contributed by atoms with Crippen molar-refractivity contribution in [1.82, 2.24) is 5.32 Å². The van der Waals surface area contributed by atoms with Crippen LogP contribution in [0.25, 0.3) is 6.08 Å². The molecule has 1 heterocycles. The van der Waals surface area contributed by atoms with E-state index in [0.717, 1.165) is 16.0 Å². The maximum absolute atomic E-state index is 13.1. The molecule has 6 nitrogen and oxygen atoms in total. The molecule has 0 unspecified atom stereocenters. The van der Waals surface area contributed by atoms with E-state index in [1.807, 2.05) is 43.3 Å². The normalized spacial score (nSPS) is 15.1. The molecule has 160 valence electrons. The number of halogens is 1. The Morgan fingerprint density at radius 3 is 2.50 bits per heavy atom. The molecule has 0 aromatic heterocycles. The Kier molecular flexibility index (Phi) is 6.05. The number of carbonyl (C=O) groups is 3. The summed E-state index contributed by atoms with van der Waals surface area (Å²) in [6, 6.07) is 20.6. The average molecular weight is 447 g/mol. The van der Waals surface area contributed by atoms with E-state index < -0.39 is 17.8 Å². The first-order chi connectivity index (χ1) is 15.4. The molecule has 0 spiro atoms. The zero-order chi connectivity index (χ0) is 22.7. The fraction of sp³-hybridized carbons (Fsp3) is 0.0800. The number of barbiturate groups is 1. The van der Waals surface area contributed by atoms with E-state index in [-0.39, 0.29) is 5.57 Å². The van der Waals surface area contributed by atoms with E-state index in [1.54, 1.807) is 36.4 Å². The van der Waals surface area contributed by atoms with E-state index in [2.05, 4.69) is 5.32 Å². The van der Waals surface area contributed by atoms with Crippen LogP contribution in [0.2, 0.25) is 5.02 Å². The lowest BCUT2D eigenvalue weighted by molar-refractivity contribution is -0.122. The van der Waals surface area contributed by atoms with Gasteiger partial charge in [0.2, 0.25) is 0 Å². The molecular formula is C25H19ClN2O4. The number of hydrogen-bond donors (Lipinski definition) is 1. The van der Waals surface area contributed by atoms with Crippen LogP contribution >= 0.6 is 11.6 Å². The quantitative estimate of drug-likeness (QED) is 0.447. The van der Waals surface area contributed by atoms with Crippen molar-refractivity contribution in [3.05, 3.63) is 100 Å². The van der Waals surface area contributed by atoms with Gasteiger partial charge in [0.15, 0.2) is 0 Å². The Labute approximate surface area is 190 Å². The summed E-state index contributed by atoms with van der Waals surface area (Å²) in [6.45, 7) is 2.15. The lowest BCUT2D eigenvalue weighted by Gasteiger charge is -2.26. The summed E-state index contributed by atoms with van der Waals surface area (Å²) in [7, 11) is 0. The molecule has 1 aliphatic rings. The van der Waals surface area contributed by atoms with Gasteiger partial charge in [-0.25, -0.2) is 9.69 Å².